The zero-order valence-electron chi connectivity index (χ0n) is 10.3. The van der Waals surface area contributed by atoms with Gasteiger partial charge in [-0.25, -0.2) is 0 Å². The quantitative estimate of drug-likeness (QED) is 0.732. The van der Waals surface area contributed by atoms with Crippen molar-refractivity contribution in [3.63, 3.8) is 0 Å². The van der Waals surface area contributed by atoms with Crippen molar-refractivity contribution in [3.05, 3.63) is 60.2 Å². The second-order valence-corrected chi connectivity index (χ2v) is 4.63. The van der Waals surface area contributed by atoms with Crippen LogP contribution in [0.2, 0.25) is 0 Å². The molecule has 0 aromatic heterocycles. The number of carbonyl (C=O) groups excluding carboxylic acids is 1. The molecule has 0 N–H and O–H groups in total. The minimum absolute atomic E-state index is 0.198. The van der Waals surface area contributed by atoms with Crippen molar-refractivity contribution in [1.29, 1.82) is 0 Å². The van der Waals surface area contributed by atoms with E-state index in [0.29, 0.717) is 0 Å². The van der Waals surface area contributed by atoms with Crippen molar-refractivity contribution in [2.45, 2.75) is 19.3 Å². The van der Waals surface area contributed by atoms with Gasteiger partial charge in [-0.15, -0.1) is 0 Å². The minimum atomic E-state index is -0.287. The van der Waals surface area contributed by atoms with E-state index in [1.807, 2.05) is 49.4 Å². The summed E-state index contributed by atoms with van der Waals surface area (Å²) in [6.45, 7) is 1.97. The molecule has 0 aliphatic carbocycles. The fourth-order valence-electron chi connectivity index (χ4n) is 2.07. The number of rotatable bonds is 4. The zero-order valence-corrected chi connectivity index (χ0v) is 11.0. The Hall–Kier alpha value is -1.60. The van der Waals surface area contributed by atoms with Crippen LogP contribution in [0.1, 0.15) is 24.8 Å². The summed E-state index contributed by atoms with van der Waals surface area (Å²) in [6, 6.07) is 18.2. The normalized spacial score (nSPS) is 12.1. The van der Waals surface area contributed by atoms with Crippen LogP contribution >= 0.6 is 11.6 Å². The maximum atomic E-state index is 11.3. The zero-order chi connectivity index (χ0) is 13.0. The molecule has 0 amide bonds. The van der Waals surface area contributed by atoms with Crippen LogP contribution in [0.3, 0.4) is 0 Å². The molecule has 0 heterocycles. The SMILES string of the molecule is CCC(C(=O)Cl)c1ccc(-c2ccccc2)cc1. The Balaban J connectivity index is 2.28. The highest BCUT2D eigenvalue weighted by molar-refractivity contribution is 6.64. The van der Waals surface area contributed by atoms with Crippen molar-refractivity contribution >= 4 is 16.8 Å². The molecule has 0 spiro atoms. The Kier molecular flexibility index (Phi) is 4.16. The van der Waals surface area contributed by atoms with E-state index in [0.717, 1.165) is 17.5 Å². The average Bonchev–Trinajstić information content (AvgIpc) is 2.41. The van der Waals surface area contributed by atoms with Gasteiger partial charge in [0, 0.05) is 0 Å². The number of carbonyl (C=O) groups is 1. The van der Waals surface area contributed by atoms with Crippen LogP contribution in [0.5, 0.6) is 0 Å². The third-order valence-electron chi connectivity index (χ3n) is 3.10. The lowest BCUT2D eigenvalue weighted by atomic mass is 9.95. The van der Waals surface area contributed by atoms with Crippen molar-refractivity contribution in [2.75, 3.05) is 0 Å². The Morgan fingerprint density at radius 2 is 1.56 bits per heavy atom. The summed E-state index contributed by atoms with van der Waals surface area (Å²) in [7, 11) is 0. The summed E-state index contributed by atoms with van der Waals surface area (Å²) in [5.74, 6) is -0.198. The van der Waals surface area contributed by atoms with Gasteiger partial charge >= 0.3 is 0 Å². The molecule has 1 nitrogen and oxygen atoms in total. The molecule has 0 fully saturated rings. The Bertz CT molecular complexity index is 517. The van der Waals surface area contributed by atoms with E-state index >= 15 is 0 Å². The van der Waals surface area contributed by atoms with Gasteiger partial charge in [-0.05, 0) is 34.7 Å². The maximum absolute atomic E-state index is 11.3. The second kappa shape index (κ2) is 5.83. The molecule has 2 aromatic rings. The Morgan fingerprint density at radius 3 is 2.06 bits per heavy atom. The lowest BCUT2D eigenvalue weighted by Crippen LogP contribution is -2.04. The lowest BCUT2D eigenvalue weighted by Gasteiger charge is -2.11. The Morgan fingerprint density at radius 1 is 1.00 bits per heavy atom. The first-order chi connectivity index (χ1) is 8.72. The fraction of sp³-hybridized carbons (Fsp3) is 0.188. The minimum Gasteiger partial charge on any atom is -0.281 e. The number of hydrogen-bond donors (Lipinski definition) is 0. The average molecular weight is 259 g/mol. The summed E-state index contributed by atoms with van der Waals surface area (Å²) in [5.41, 5.74) is 3.31. The van der Waals surface area contributed by atoms with E-state index in [2.05, 4.69) is 12.1 Å². The van der Waals surface area contributed by atoms with E-state index in [-0.39, 0.29) is 11.2 Å². The molecular weight excluding hydrogens is 244 g/mol. The van der Waals surface area contributed by atoms with E-state index in [9.17, 15) is 4.79 Å². The first-order valence-corrected chi connectivity index (χ1v) is 6.45. The summed E-state index contributed by atoms with van der Waals surface area (Å²) in [4.78, 5) is 11.3. The first-order valence-electron chi connectivity index (χ1n) is 6.07. The highest BCUT2D eigenvalue weighted by atomic mass is 35.5. The molecule has 2 rings (SSSR count). The van der Waals surface area contributed by atoms with E-state index in [1.54, 1.807) is 0 Å². The van der Waals surface area contributed by atoms with Gasteiger partial charge in [0.25, 0.3) is 0 Å². The lowest BCUT2D eigenvalue weighted by molar-refractivity contribution is -0.113. The summed E-state index contributed by atoms with van der Waals surface area (Å²) in [6.07, 6.45) is 0.729. The third-order valence-corrected chi connectivity index (χ3v) is 3.37. The van der Waals surface area contributed by atoms with Gasteiger partial charge < -0.3 is 0 Å². The van der Waals surface area contributed by atoms with Crippen LogP contribution in [0.25, 0.3) is 11.1 Å². The molecule has 0 saturated heterocycles. The summed E-state index contributed by atoms with van der Waals surface area (Å²) >= 11 is 5.60. The van der Waals surface area contributed by atoms with E-state index in [4.69, 9.17) is 11.6 Å². The predicted molar refractivity (Wildman–Crippen MR) is 75.8 cm³/mol. The molecule has 18 heavy (non-hydrogen) atoms. The number of hydrogen-bond acceptors (Lipinski definition) is 1. The second-order valence-electron chi connectivity index (χ2n) is 4.25. The van der Waals surface area contributed by atoms with Crippen LogP contribution in [0.15, 0.2) is 54.6 Å². The number of benzene rings is 2. The molecule has 92 valence electrons. The highest BCUT2D eigenvalue weighted by Crippen LogP contribution is 2.25. The van der Waals surface area contributed by atoms with Crippen molar-refractivity contribution in [1.82, 2.24) is 0 Å². The van der Waals surface area contributed by atoms with Gasteiger partial charge in [-0.3, -0.25) is 4.79 Å². The summed E-state index contributed by atoms with van der Waals surface area (Å²) < 4.78 is 0. The van der Waals surface area contributed by atoms with Crippen molar-refractivity contribution in [3.8, 4) is 11.1 Å². The molecule has 0 saturated carbocycles. The third kappa shape index (κ3) is 2.80. The topological polar surface area (TPSA) is 17.1 Å². The highest BCUT2D eigenvalue weighted by Gasteiger charge is 2.15. The smallest absolute Gasteiger partial charge is 0.229 e. The van der Waals surface area contributed by atoms with Crippen LogP contribution in [-0.4, -0.2) is 5.24 Å². The van der Waals surface area contributed by atoms with Gasteiger partial charge in [0.15, 0.2) is 0 Å². The standard InChI is InChI=1S/C16H15ClO/c1-2-15(16(17)18)14-10-8-13(9-11-14)12-6-4-3-5-7-12/h3-11,15H,2H2,1H3. The molecular formula is C16H15ClO. The van der Waals surface area contributed by atoms with E-state index in [1.165, 1.54) is 5.56 Å². The number of halogens is 1. The largest absolute Gasteiger partial charge is 0.281 e. The molecule has 0 bridgehead atoms. The maximum Gasteiger partial charge on any atom is 0.229 e. The van der Waals surface area contributed by atoms with Crippen molar-refractivity contribution in [2.24, 2.45) is 0 Å². The fourth-order valence-corrected chi connectivity index (χ4v) is 2.35. The van der Waals surface area contributed by atoms with Gasteiger partial charge in [-0.1, -0.05) is 61.5 Å². The van der Waals surface area contributed by atoms with Gasteiger partial charge in [0.2, 0.25) is 5.24 Å². The monoisotopic (exact) mass is 258 g/mol. The molecule has 2 aromatic carbocycles. The molecule has 1 atom stereocenters. The van der Waals surface area contributed by atoms with Crippen LogP contribution in [0.4, 0.5) is 0 Å². The van der Waals surface area contributed by atoms with Gasteiger partial charge in [-0.2, -0.15) is 0 Å². The van der Waals surface area contributed by atoms with Gasteiger partial charge in [0.1, 0.15) is 0 Å². The van der Waals surface area contributed by atoms with Crippen molar-refractivity contribution < 1.29 is 4.79 Å². The Labute approximate surface area is 112 Å². The molecule has 0 aliphatic heterocycles. The predicted octanol–water partition coefficient (Wildman–Crippen LogP) is 4.61. The van der Waals surface area contributed by atoms with Crippen LogP contribution in [0, 0.1) is 0 Å². The molecule has 1 unspecified atom stereocenters. The summed E-state index contributed by atoms with van der Waals surface area (Å²) in [5, 5.41) is -0.287. The van der Waals surface area contributed by atoms with Crippen LogP contribution < -0.4 is 0 Å². The van der Waals surface area contributed by atoms with E-state index < -0.39 is 0 Å². The molecule has 0 radical (unpaired) electrons. The van der Waals surface area contributed by atoms with Crippen LogP contribution in [-0.2, 0) is 4.79 Å². The first kappa shape index (κ1) is 12.8. The van der Waals surface area contributed by atoms with Gasteiger partial charge in [0.05, 0.1) is 5.92 Å². The molecule has 2 heteroatoms. The molecule has 0 aliphatic rings.